The second kappa shape index (κ2) is 5.05. The first-order valence-electron chi connectivity index (χ1n) is 5.35. The van der Waals surface area contributed by atoms with Crippen LogP contribution in [0.3, 0.4) is 0 Å². The third kappa shape index (κ3) is 3.06. The average molecular weight is 193 g/mol. The molecule has 0 aliphatic carbocycles. The summed E-state index contributed by atoms with van der Waals surface area (Å²) < 4.78 is 0. The Morgan fingerprint density at radius 3 is 2.86 bits per heavy atom. The molecule has 0 aromatic rings. The van der Waals surface area contributed by atoms with E-state index >= 15 is 0 Å². The van der Waals surface area contributed by atoms with Crippen molar-refractivity contribution in [1.29, 1.82) is 0 Å². The van der Waals surface area contributed by atoms with Crippen molar-refractivity contribution in [3.05, 3.63) is 0 Å². The third-order valence-corrected chi connectivity index (χ3v) is 2.61. The van der Waals surface area contributed by atoms with Crippen LogP contribution in [0.15, 0.2) is 0 Å². The second-order valence-electron chi connectivity index (χ2n) is 4.41. The maximum atomic E-state index is 11.4. The van der Waals surface area contributed by atoms with Gasteiger partial charge in [0.25, 0.3) is 5.91 Å². The number of nitrogens with zero attached hydrogens (tertiary/aromatic N) is 1. The van der Waals surface area contributed by atoms with Crippen LogP contribution in [0.5, 0.6) is 0 Å². The molecule has 2 heteroatoms. The van der Waals surface area contributed by atoms with E-state index in [-0.39, 0.29) is 5.91 Å². The lowest BCUT2D eigenvalue weighted by molar-refractivity contribution is -0.124. The van der Waals surface area contributed by atoms with E-state index in [0.717, 1.165) is 25.4 Å². The minimum absolute atomic E-state index is 0.00115. The molecule has 1 aliphatic rings. The summed E-state index contributed by atoms with van der Waals surface area (Å²) in [5.74, 6) is 6.68. The van der Waals surface area contributed by atoms with Gasteiger partial charge in [0, 0.05) is 13.1 Å². The fraction of sp³-hybridized carbons (Fsp3) is 0.750. The Bertz CT molecular complexity index is 259. The molecule has 0 spiro atoms. The lowest BCUT2D eigenvalue weighted by atomic mass is 9.97. The molecule has 0 bridgehead atoms. The number of hydrogen-bond acceptors (Lipinski definition) is 1. The van der Waals surface area contributed by atoms with E-state index in [1.807, 2.05) is 4.90 Å². The first kappa shape index (κ1) is 11.1. The largest absolute Gasteiger partial charge is 0.332 e. The molecule has 1 heterocycles. The fourth-order valence-corrected chi connectivity index (χ4v) is 2.06. The highest BCUT2D eigenvalue weighted by Crippen LogP contribution is 2.22. The molecular formula is C12H19NO. The van der Waals surface area contributed by atoms with Crippen molar-refractivity contribution >= 4 is 5.91 Å². The Hall–Kier alpha value is -0.970. The molecule has 1 rings (SSSR count). The summed E-state index contributed by atoms with van der Waals surface area (Å²) in [7, 11) is 0. The number of amides is 1. The zero-order valence-electron chi connectivity index (χ0n) is 9.34. The predicted octanol–water partition coefficient (Wildman–Crippen LogP) is 1.90. The Kier molecular flexibility index (Phi) is 4.00. The van der Waals surface area contributed by atoms with Gasteiger partial charge in [0.1, 0.15) is 0 Å². The number of likely N-dealkylation sites (tertiary alicyclic amines) is 1. The molecule has 0 saturated carbocycles. The van der Waals surface area contributed by atoms with Crippen molar-refractivity contribution < 1.29 is 4.79 Å². The number of carbonyl (C=O) groups excluding carboxylic acids is 1. The zero-order valence-corrected chi connectivity index (χ0v) is 9.34. The molecule has 1 atom stereocenters. The van der Waals surface area contributed by atoms with Crippen LogP contribution in [0.2, 0.25) is 0 Å². The SMILES string of the molecule is CC#CC(=O)N1CC[C@@H](CC(C)C)C1. The summed E-state index contributed by atoms with van der Waals surface area (Å²) in [5.41, 5.74) is 0. The Balaban J connectivity index is 2.39. The molecule has 1 aliphatic heterocycles. The van der Waals surface area contributed by atoms with Gasteiger partial charge in [-0.3, -0.25) is 4.79 Å². The van der Waals surface area contributed by atoms with Crippen LogP contribution in [-0.4, -0.2) is 23.9 Å². The second-order valence-corrected chi connectivity index (χ2v) is 4.41. The van der Waals surface area contributed by atoms with E-state index in [0.29, 0.717) is 5.92 Å². The maximum absolute atomic E-state index is 11.4. The fourth-order valence-electron chi connectivity index (χ4n) is 2.06. The monoisotopic (exact) mass is 193 g/mol. The van der Waals surface area contributed by atoms with Gasteiger partial charge in [-0.05, 0) is 37.5 Å². The number of hydrogen-bond donors (Lipinski definition) is 0. The molecular weight excluding hydrogens is 174 g/mol. The van der Waals surface area contributed by atoms with Crippen molar-refractivity contribution in [3.63, 3.8) is 0 Å². The quantitative estimate of drug-likeness (QED) is 0.613. The summed E-state index contributed by atoms with van der Waals surface area (Å²) in [6.45, 7) is 7.98. The van der Waals surface area contributed by atoms with E-state index in [9.17, 15) is 4.79 Å². The average Bonchev–Trinajstić information content (AvgIpc) is 2.52. The van der Waals surface area contributed by atoms with Crippen molar-refractivity contribution in [2.24, 2.45) is 11.8 Å². The van der Waals surface area contributed by atoms with Gasteiger partial charge in [-0.15, -0.1) is 0 Å². The van der Waals surface area contributed by atoms with Crippen LogP contribution in [0.25, 0.3) is 0 Å². The van der Waals surface area contributed by atoms with Crippen LogP contribution >= 0.6 is 0 Å². The Labute approximate surface area is 86.7 Å². The van der Waals surface area contributed by atoms with Gasteiger partial charge in [-0.2, -0.15) is 0 Å². The Morgan fingerprint density at radius 1 is 1.57 bits per heavy atom. The summed E-state index contributed by atoms with van der Waals surface area (Å²) in [4.78, 5) is 13.3. The molecule has 0 aromatic carbocycles. The summed E-state index contributed by atoms with van der Waals surface area (Å²) >= 11 is 0. The normalized spacial score (nSPS) is 20.9. The van der Waals surface area contributed by atoms with Crippen LogP contribution in [0, 0.1) is 23.7 Å². The molecule has 1 amide bonds. The van der Waals surface area contributed by atoms with E-state index < -0.39 is 0 Å². The predicted molar refractivity (Wildman–Crippen MR) is 57.6 cm³/mol. The van der Waals surface area contributed by atoms with E-state index in [1.165, 1.54) is 6.42 Å². The van der Waals surface area contributed by atoms with E-state index in [1.54, 1.807) is 6.92 Å². The van der Waals surface area contributed by atoms with Crippen LogP contribution in [0.1, 0.15) is 33.6 Å². The van der Waals surface area contributed by atoms with Crippen LogP contribution in [-0.2, 0) is 4.79 Å². The first-order valence-corrected chi connectivity index (χ1v) is 5.35. The molecule has 0 N–H and O–H groups in total. The van der Waals surface area contributed by atoms with Crippen molar-refractivity contribution in [1.82, 2.24) is 4.90 Å². The van der Waals surface area contributed by atoms with E-state index in [2.05, 4.69) is 25.7 Å². The van der Waals surface area contributed by atoms with Gasteiger partial charge in [0.2, 0.25) is 0 Å². The first-order chi connectivity index (χ1) is 6.63. The Morgan fingerprint density at radius 2 is 2.29 bits per heavy atom. The van der Waals surface area contributed by atoms with Crippen molar-refractivity contribution in [2.75, 3.05) is 13.1 Å². The summed E-state index contributed by atoms with van der Waals surface area (Å²) in [6.07, 6.45) is 2.37. The highest BCUT2D eigenvalue weighted by molar-refractivity contribution is 5.93. The highest BCUT2D eigenvalue weighted by atomic mass is 16.2. The topological polar surface area (TPSA) is 20.3 Å². The summed E-state index contributed by atoms with van der Waals surface area (Å²) in [6, 6.07) is 0. The van der Waals surface area contributed by atoms with Crippen molar-refractivity contribution in [3.8, 4) is 11.8 Å². The molecule has 78 valence electrons. The van der Waals surface area contributed by atoms with E-state index in [4.69, 9.17) is 0 Å². The molecule has 14 heavy (non-hydrogen) atoms. The van der Waals surface area contributed by atoms with Gasteiger partial charge in [0.05, 0.1) is 0 Å². The van der Waals surface area contributed by atoms with Gasteiger partial charge in [-0.25, -0.2) is 0 Å². The lowest BCUT2D eigenvalue weighted by Gasteiger charge is -2.14. The molecule has 2 nitrogen and oxygen atoms in total. The zero-order chi connectivity index (χ0) is 10.6. The molecule has 0 radical (unpaired) electrons. The van der Waals surface area contributed by atoms with Crippen LogP contribution < -0.4 is 0 Å². The van der Waals surface area contributed by atoms with Gasteiger partial charge in [0.15, 0.2) is 0 Å². The standard InChI is InChI=1S/C12H19NO/c1-4-5-12(14)13-7-6-11(9-13)8-10(2)3/h10-11H,6-9H2,1-3H3/t11-/m0/s1. The minimum Gasteiger partial charge on any atom is -0.332 e. The van der Waals surface area contributed by atoms with Gasteiger partial charge >= 0.3 is 0 Å². The van der Waals surface area contributed by atoms with Gasteiger partial charge in [-0.1, -0.05) is 19.8 Å². The molecule has 1 saturated heterocycles. The molecule has 1 fully saturated rings. The minimum atomic E-state index is -0.00115. The third-order valence-electron chi connectivity index (χ3n) is 2.61. The highest BCUT2D eigenvalue weighted by Gasteiger charge is 2.25. The van der Waals surface area contributed by atoms with Crippen molar-refractivity contribution in [2.45, 2.75) is 33.6 Å². The smallest absolute Gasteiger partial charge is 0.298 e. The maximum Gasteiger partial charge on any atom is 0.298 e. The van der Waals surface area contributed by atoms with Gasteiger partial charge < -0.3 is 4.90 Å². The summed E-state index contributed by atoms with van der Waals surface area (Å²) in [5, 5.41) is 0. The molecule has 0 aromatic heterocycles. The molecule has 0 unspecified atom stereocenters. The number of rotatable bonds is 2. The number of carbonyl (C=O) groups is 1. The lowest BCUT2D eigenvalue weighted by Crippen LogP contribution is -2.27. The van der Waals surface area contributed by atoms with Crippen LogP contribution in [0.4, 0.5) is 0 Å².